The van der Waals surface area contributed by atoms with Crippen LogP contribution in [0, 0.1) is 0 Å². The lowest BCUT2D eigenvalue weighted by Gasteiger charge is -1.96. The maximum absolute atomic E-state index is 10.5. The second kappa shape index (κ2) is 5.52. The standard InChI is InChI=1S/C11H10N2O2/c12-11(15)7-3-5-9-4-1-2-6-10(9)13-8-14/h1-6H,7H2,(H2,12,15). The van der Waals surface area contributed by atoms with Crippen molar-refractivity contribution in [3.63, 3.8) is 0 Å². The minimum atomic E-state index is -0.400. The summed E-state index contributed by atoms with van der Waals surface area (Å²) in [6, 6.07) is 7.05. The summed E-state index contributed by atoms with van der Waals surface area (Å²) in [5, 5.41) is 0. The SMILES string of the molecule is NC(=O)CC=Cc1ccccc1N=C=O. The Hall–Kier alpha value is -2.19. The van der Waals surface area contributed by atoms with Crippen LogP contribution in [0.25, 0.3) is 6.08 Å². The highest BCUT2D eigenvalue weighted by atomic mass is 16.1. The number of nitrogens with zero attached hydrogens (tertiary/aromatic N) is 1. The molecule has 76 valence electrons. The molecule has 0 bridgehead atoms. The lowest BCUT2D eigenvalue weighted by atomic mass is 10.1. The van der Waals surface area contributed by atoms with Gasteiger partial charge < -0.3 is 5.73 Å². The molecule has 4 nitrogen and oxygen atoms in total. The van der Waals surface area contributed by atoms with Gasteiger partial charge in [-0.25, -0.2) is 4.79 Å². The van der Waals surface area contributed by atoms with Crippen LogP contribution >= 0.6 is 0 Å². The first-order valence-electron chi connectivity index (χ1n) is 4.36. The van der Waals surface area contributed by atoms with Crippen molar-refractivity contribution < 1.29 is 9.59 Å². The van der Waals surface area contributed by atoms with E-state index >= 15 is 0 Å². The van der Waals surface area contributed by atoms with Gasteiger partial charge in [-0.3, -0.25) is 4.79 Å². The Kier molecular flexibility index (Phi) is 4.01. The molecular weight excluding hydrogens is 192 g/mol. The van der Waals surface area contributed by atoms with E-state index in [0.29, 0.717) is 5.69 Å². The summed E-state index contributed by atoms with van der Waals surface area (Å²) < 4.78 is 0. The van der Waals surface area contributed by atoms with Crippen molar-refractivity contribution in [3.8, 4) is 0 Å². The zero-order valence-corrected chi connectivity index (χ0v) is 8.01. The number of amides is 1. The molecule has 0 fully saturated rings. The fourth-order valence-electron chi connectivity index (χ4n) is 1.08. The highest BCUT2D eigenvalue weighted by Crippen LogP contribution is 2.19. The maximum atomic E-state index is 10.5. The Morgan fingerprint density at radius 1 is 1.47 bits per heavy atom. The number of hydrogen-bond donors (Lipinski definition) is 1. The molecule has 0 aromatic heterocycles. The minimum Gasteiger partial charge on any atom is -0.369 e. The second-order valence-corrected chi connectivity index (χ2v) is 2.83. The van der Waals surface area contributed by atoms with Gasteiger partial charge in [0.2, 0.25) is 12.0 Å². The first-order valence-corrected chi connectivity index (χ1v) is 4.36. The normalized spacial score (nSPS) is 9.87. The molecule has 1 aromatic rings. The molecule has 0 aliphatic rings. The second-order valence-electron chi connectivity index (χ2n) is 2.83. The molecule has 0 atom stereocenters. The van der Waals surface area contributed by atoms with Gasteiger partial charge >= 0.3 is 0 Å². The Morgan fingerprint density at radius 3 is 2.87 bits per heavy atom. The summed E-state index contributed by atoms with van der Waals surface area (Å²) in [5.74, 6) is -0.400. The highest BCUT2D eigenvalue weighted by molar-refractivity contribution is 5.77. The van der Waals surface area contributed by atoms with Crippen LogP contribution < -0.4 is 5.73 Å². The molecule has 0 heterocycles. The van der Waals surface area contributed by atoms with E-state index in [4.69, 9.17) is 5.73 Å². The van der Waals surface area contributed by atoms with Crippen molar-refractivity contribution in [2.75, 3.05) is 0 Å². The van der Waals surface area contributed by atoms with E-state index in [1.54, 1.807) is 30.4 Å². The topological polar surface area (TPSA) is 72.5 Å². The number of isocyanates is 1. The predicted octanol–water partition coefficient (Wildman–Crippen LogP) is 1.54. The quantitative estimate of drug-likeness (QED) is 0.594. The predicted molar refractivity (Wildman–Crippen MR) is 57.1 cm³/mol. The number of aliphatic imine (C=N–C) groups is 1. The first kappa shape index (κ1) is 10.9. The monoisotopic (exact) mass is 202 g/mol. The third-order valence-corrected chi connectivity index (χ3v) is 1.72. The number of carbonyl (C=O) groups is 1. The maximum Gasteiger partial charge on any atom is 0.240 e. The first-order chi connectivity index (χ1) is 7.24. The molecule has 0 aliphatic heterocycles. The summed E-state index contributed by atoms with van der Waals surface area (Å²) in [6.07, 6.45) is 4.96. The van der Waals surface area contributed by atoms with Gasteiger partial charge in [-0.15, -0.1) is 0 Å². The summed E-state index contributed by atoms with van der Waals surface area (Å²) in [6.45, 7) is 0. The van der Waals surface area contributed by atoms with E-state index in [2.05, 4.69) is 4.99 Å². The molecule has 0 unspecified atom stereocenters. The van der Waals surface area contributed by atoms with Gasteiger partial charge in [0.05, 0.1) is 5.69 Å². The van der Waals surface area contributed by atoms with Crippen molar-refractivity contribution in [1.82, 2.24) is 0 Å². The molecule has 0 aliphatic carbocycles. The van der Waals surface area contributed by atoms with E-state index < -0.39 is 5.91 Å². The Bertz CT molecular complexity index is 432. The van der Waals surface area contributed by atoms with Crippen LogP contribution in [0.2, 0.25) is 0 Å². The fourth-order valence-corrected chi connectivity index (χ4v) is 1.08. The van der Waals surface area contributed by atoms with E-state index in [0.717, 1.165) is 5.56 Å². The zero-order valence-electron chi connectivity index (χ0n) is 8.01. The van der Waals surface area contributed by atoms with E-state index in [9.17, 15) is 9.59 Å². The van der Waals surface area contributed by atoms with Gasteiger partial charge in [0.15, 0.2) is 0 Å². The van der Waals surface area contributed by atoms with Crippen molar-refractivity contribution >= 4 is 23.8 Å². The average molecular weight is 202 g/mol. The highest BCUT2D eigenvalue weighted by Gasteiger charge is 1.95. The third-order valence-electron chi connectivity index (χ3n) is 1.72. The van der Waals surface area contributed by atoms with Crippen LogP contribution in [-0.2, 0) is 9.59 Å². The molecule has 1 rings (SSSR count). The Balaban J connectivity index is 2.88. The molecule has 2 N–H and O–H groups in total. The number of rotatable bonds is 4. The van der Waals surface area contributed by atoms with Gasteiger partial charge in [0.25, 0.3) is 0 Å². The van der Waals surface area contributed by atoms with Crippen molar-refractivity contribution in [2.24, 2.45) is 10.7 Å². The molecule has 0 saturated heterocycles. The van der Waals surface area contributed by atoms with Crippen molar-refractivity contribution in [1.29, 1.82) is 0 Å². The van der Waals surface area contributed by atoms with Crippen molar-refractivity contribution in [3.05, 3.63) is 35.9 Å². The van der Waals surface area contributed by atoms with Crippen LogP contribution in [0.3, 0.4) is 0 Å². The lowest BCUT2D eigenvalue weighted by molar-refractivity contribution is -0.117. The smallest absolute Gasteiger partial charge is 0.240 e. The molecule has 4 heteroatoms. The summed E-state index contributed by atoms with van der Waals surface area (Å²) in [5.41, 5.74) is 6.25. The molecule has 1 aromatic carbocycles. The fraction of sp³-hybridized carbons (Fsp3) is 0.0909. The number of carbonyl (C=O) groups excluding carboxylic acids is 2. The molecule has 0 saturated carbocycles. The van der Waals surface area contributed by atoms with Crippen LogP contribution in [0.4, 0.5) is 5.69 Å². The average Bonchev–Trinajstić information content (AvgIpc) is 2.20. The summed E-state index contributed by atoms with van der Waals surface area (Å²) >= 11 is 0. The number of benzene rings is 1. The van der Waals surface area contributed by atoms with Crippen LogP contribution in [0.5, 0.6) is 0 Å². The largest absolute Gasteiger partial charge is 0.369 e. The molecular formula is C11H10N2O2. The molecule has 0 spiro atoms. The number of nitrogens with two attached hydrogens (primary N) is 1. The minimum absolute atomic E-state index is 0.166. The Morgan fingerprint density at radius 2 is 2.20 bits per heavy atom. The molecule has 1 amide bonds. The van der Waals surface area contributed by atoms with Crippen LogP contribution in [-0.4, -0.2) is 12.0 Å². The van der Waals surface area contributed by atoms with Gasteiger partial charge in [0.1, 0.15) is 0 Å². The number of hydrogen-bond acceptors (Lipinski definition) is 3. The lowest BCUT2D eigenvalue weighted by Crippen LogP contribution is -2.07. The summed E-state index contributed by atoms with van der Waals surface area (Å²) in [7, 11) is 0. The van der Waals surface area contributed by atoms with Gasteiger partial charge in [-0.2, -0.15) is 4.99 Å². The van der Waals surface area contributed by atoms with Gasteiger partial charge in [-0.05, 0) is 6.07 Å². The number of para-hydroxylation sites is 1. The van der Waals surface area contributed by atoms with Crippen molar-refractivity contribution in [2.45, 2.75) is 6.42 Å². The molecule has 15 heavy (non-hydrogen) atoms. The van der Waals surface area contributed by atoms with E-state index in [-0.39, 0.29) is 6.42 Å². The van der Waals surface area contributed by atoms with E-state index in [1.807, 2.05) is 6.07 Å². The van der Waals surface area contributed by atoms with Crippen LogP contribution in [0.1, 0.15) is 12.0 Å². The number of primary amides is 1. The zero-order chi connectivity index (χ0) is 11.1. The summed E-state index contributed by atoms with van der Waals surface area (Å²) in [4.78, 5) is 24.1. The van der Waals surface area contributed by atoms with Crippen LogP contribution in [0.15, 0.2) is 35.3 Å². The molecule has 0 radical (unpaired) electrons. The third kappa shape index (κ3) is 3.58. The van der Waals surface area contributed by atoms with Gasteiger partial charge in [-0.1, -0.05) is 30.4 Å². The van der Waals surface area contributed by atoms with Gasteiger partial charge in [0, 0.05) is 12.0 Å². The van der Waals surface area contributed by atoms with E-state index in [1.165, 1.54) is 6.08 Å². The Labute approximate surface area is 87.1 Å².